The maximum atomic E-state index is 12.2. The van der Waals surface area contributed by atoms with Crippen molar-refractivity contribution in [1.82, 2.24) is 0 Å². The van der Waals surface area contributed by atoms with Gasteiger partial charge in [0, 0.05) is 17.8 Å². The third kappa shape index (κ3) is 5.28. The molecule has 24 heavy (non-hydrogen) atoms. The lowest BCUT2D eigenvalue weighted by atomic mass is 10.1. The van der Waals surface area contributed by atoms with Gasteiger partial charge in [-0.1, -0.05) is 30.7 Å². The number of carbonyl (C=O) groups is 2. The van der Waals surface area contributed by atoms with Crippen LogP contribution in [0.4, 0.5) is 17.1 Å². The quantitative estimate of drug-likeness (QED) is 0.695. The Hall–Kier alpha value is -2.53. The van der Waals surface area contributed by atoms with E-state index in [1.54, 1.807) is 42.5 Å². The second kappa shape index (κ2) is 8.36. The van der Waals surface area contributed by atoms with E-state index in [9.17, 15) is 9.59 Å². The first kappa shape index (κ1) is 17.8. The monoisotopic (exact) mass is 345 g/mol. The SMILES string of the molecule is CCCC(=O)Nc1ccc(Cl)c(NC(=O)Cc2ccc(N)cc2)c1. The Morgan fingerprint density at radius 2 is 1.75 bits per heavy atom. The molecule has 0 unspecified atom stereocenters. The largest absolute Gasteiger partial charge is 0.399 e. The van der Waals surface area contributed by atoms with Crippen molar-refractivity contribution < 1.29 is 9.59 Å². The molecule has 5 nitrogen and oxygen atoms in total. The summed E-state index contributed by atoms with van der Waals surface area (Å²) in [7, 11) is 0. The van der Waals surface area contributed by atoms with Gasteiger partial charge >= 0.3 is 0 Å². The number of rotatable bonds is 6. The van der Waals surface area contributed by atoms with Crippen LogP contribution < -0.4 is 16.4 Å². The van der Waals surface area contributed by atoms with Crippen LogP contribution in [0.5, 0.6) is 0 Å². The van der Waals surface area contributed by atoms with Crippen molar-refractivity contribution in [3.8, 4) is 0 Å². The lowest BCUT2D eigenvalue weighted by molar-refractivity contribution is -0.116. The average Bonchev–Trinajstić information content (AvgIpc) is 2.53. The number of hydrogen-bond acceptors (Lipinski definition) is 3. The van der Waals surface area contributed by atoms with E-state index >= 15 is 0 Å². The van der Waals surface area contributed by atoms with Crippen LogP contribution in [0, 0.1) is 0 Å². The highest BCUT2D eigenvalue weighted by atomic mass is 35.5. The Bertz CT molecular complexity index is 730. The Balaban J connectivity index is 2.03. The average molecular weight is 346 g/mol. The molecule has 2 aromatic carbocycles. The Labute approximate surface area is 146 Å². The molecule has 0 spiro atoms. The molecule has 0 radical (unpaired) electrons. The lowest BCUT2D eigenvalue weighted by Gasteiger charge is -2.11. The molecule has 0 heterocycles. The summed E-state index contributed by atoms with van der Waals surface area (Å²) >= 11 is 6.12. The first-order valence-electron chi connectivity index (χ1n) is 7.71. The number of amides is 2. The molecular formula is C18H20ClN3O2. The molecule has 0 aliphatic rings. The van der Waals surface area contributed by atoms with E-state index in [0.717, 1.165) is 12.0 Å². The van der Waals surface area contributed by atoms with Crippen LogP contribution >= 0.6 is 11.6 Å². The van der Waals surface area contributed by atoms with Crippen molar-refractivity contribution in [2.75, 3.05) is 16.4 Å². The van der Waals surface area contributed by atoms with Gasteiger partial charge in [-0.3, -0.25) is 9.59 Å². The topological polar surface area (TPSA) is 84.2 Å². The van der Waals surface area contributed by atoms with Gasteiger partial charge in [0.25, 0.3) is 0 Å². The molecule has 0 bridgehead atoms. The van der Waals surface area contributed by atoms with E-state index in [-0.39, 0.29) is 18.2 Å². The predicted octanol–water partition coefficient (Wildman–Crippen LogP) is 3.84. The first-order chi connectivity index (χ1) is 11.5. The van der Waals surface area contributed by atoms with Crippen LogP contribution in [0.1, 0.15) is 25.3 Å². The van der Waals surface area contributed by atoms with Crippen LogP contribution in [0.2, 0.25) is 5.02 Å². The Kier molecular flexibility index (Phi) is 6.21. The van der Waals surface area contributed by atoms with Crippen LogP contribution in [0.25, 0.3) is 0 Å². The van der Waals surface area contributed by atoms with Crippen LogP contribution in [0.15, 0.2) is 42.5 Å². The molecule has 2 amide bonds. The molecule has 0 aliphatic heterocycles. The van der Waals surface area contributed by atoms with Gasteiger partial charge < -0.3 is 16.4 Å². The second-order valence-corrected chi connectivity index (χ2v) is 5.87. The van der Waals surface area contributed by atoms with Gasteiger partial charge in [0.05, 0.1) is 17.1 Å². The predicted molar refractivity (Wildman–Crippen MR) is 98.2 cm³/mol. The van der Waals surface area contributed by atoms with E-state index < -0.39 is 0 Å². The van der Waals surface area contributed by atoms with Crippen molar-refractivity contribution in [3.63, 3.8) is 0 Å². The zero-order chi connectivity index (χ0) is 17.5. The number of carbonyl (C=O) groups excluding carboxylic acids is 2. The van der Waals surface area contributed by atoms with Crippen molar-refractivity contribution >= 4 is 40.5 Å². The summed E-state index contributed by atoms with van der Waals surface area (Å²) in [6.45, 7) is 1.93. The smallest absolute Gasteiger partial charge is 0.228 e. The third-order valence-electron chi connectivity index (χ3n) is 3.35. The minimum Gasteiger partial charge on any atom is -0.399 e. The van der Waals surface area contributed by atoms with Gasteiger partial charge in [0.2, 0.25) is 11.8 Å². The molecule has 6 heteroatoms. The summed E-state index contributed by atoms with van der Waals surface area (Å²) < 4.78 is 0. The van der Waals surface area contributed by atoms with Gasteiger partial charge in [-0.15, -0.1) is 0 Å². The summed E-state index contributed by atoms with van der Waals surface area (Å²) in [5.74, 6) is -0.266. The molecular weight excluding hydrogens is 326 g/mol. The van der Waals surface area contributed by atoms with E-state index in [4.69, 9.17) is 17.3 Å². The van der Waals surface area contributed by atoms with Gasteiger partial charge in [0.15, 0.2) is 0 Å². The minimum atomic E-state index is -0.196. The first-order valence-corrected chi connectivity index (χ1v) is 8.09. The van der Waals surface area contributed by atoms with E-state index in [1.807, 2.05) is 6.92 Å². The molecule has 0 aliphatic carbocycles. The number of halogens is 1. The Morgan fingerprint density at radius 3 is 2.42 bits per heavy atom. The summed E-state index contributed by atoms with van der Waals surface area (Å²) in [5.41, 5.74) is 8.19. The summed E-state index contributed by atoms with van der Waals surface area (Å²) in [6, 6.07) is 12.1. The molecule has 126 valence electrons. The van der Waals surface area contributed by atoms with Gasteiger partial charge in [-0.2, -0.15) is 0 Å². The fourth-order valence-corrected chi connectivity index (χ4v) is 2.33. The third-order valence-corrected chi connectivity index (χ3v) is 3.68. The minimum absolute atomic E-state index is 0.0704. The molecule has 0 saturated heterocycles. The van der Waals surface area contributed by atoms with Gasteiger partial charge in [0.1, 0.15) is 0 Å². The highest BCUT2D eigenvalue weighted by Gasteiger charge is 2.09. The highest BCUT2D eigenvalue weighted by molar-refractivity contribution is 6.33. The standard InChI is InChI=1S/C18H20ClN3O2/c1-2-3-17(23)21-14-8-9-15(19)16(11-14)22-18(24)10-12-4-6-13(20)7-5-12/h4-9,11H,2-3,10,20H2,1H3,(H,21,23)(H,22,24). The molecule has 2 rings (SSSR count). The zero-order valence-electron chi connectivity index (χ0n) is 13.4. The van der Waals surface area contributed by atoms with Crippen molar-refractivity contribution in [2.24, 2.45) is 0 Å². The summed E-state index contributed by atoms with van der Waals surface area (Å²) in [4.78, 5) is 23.8. The molecule has 2 aromatic rings. The number of anilines is 3. The highest BCUT2D eigenvalue weighted by Crippen LogP contribution is 2.26. The molecule has 0 aromatic heterocycles. The van der Waals surface area contributed by atoms with Crippen LogP contribution in [0.3, 0.4) is 0 Å². The zero-order valence-corrected chi connectivity index (χ0v) is 14.2. The van der Waals surface area contributed by atoms with Crippen molar-refractivity contribution in [3.05, 3.63) is 53.1 Å². The fraction of sp³-hybridized carbons (Fsp3) is 0.222. The van der Waals surface area contributed by atoms with Gasteiger partial charge in [-0.05, 0) is 42.3 Å². The number of hydrogen-bond donors (Lipinski definition) is 3. The van der Waals surface area contributed by atoms with Gasteiger partial charge in [-0.25, -0.2) is 0 Å². The number of nitrogen functional groups attached to an aromatic ring is 1. The fourth-order valence-electron chi connectivity index (χ4n) is 2.16. The van der Waals surface area contributed by atoms with E-state index in [2.05, 4.69) is 10.6 Å². The number of benzene rings is 2. The molecule has 0 fully saturated rings. The van der Waals surface area contributed by atoms with E-state index in [0.29, 0.717) is 28.5 Å². The van der Waals surface area contributed by atoms with E-state index in [1.165, 1.54) is 0 Å². The Morgan fingerprint density at radius 1 is 1.04 bits per heavy atom. The molecule has 4 N–H and O–H groups in total. The second-order valence-electron chi connectivity index (χ2n) is 5.46. The normalized spacial score (nSPS) is 10.2. The summed E-state index contributed by atoms with van der Waals surface area (Å²) in [5, 5.41) is 5.95. The number of nitrogens with one attached hydrogen (secondary N) is 2. The maximum Gasteiger partial charge on any atom is 0.228 e. The molecule has 0 saturated carbocycles. The molecule has 0 atom stereocenters. The summed E-state index contributed by atoms with van der Waals surface area (Å²) in [6.07, 6.45) is 1.43. The van der Waals surface area contributed by atoms with Crippen molar-refractivity contribution in [1.29, 1.82) is 0 Å². The van der Waals surface area contributed by atoms with Crippen molar-refractivity contribution in [2.45, 2.75) is 26.2 Å². The van der Waals surface area contributed by atoms with Crippen LogP contribution in [-0.4, -0.2) is 11.8 Å². The maximum absolute atomic E-state index is 12.2. The lowest BCUT2D eigenvalue weighted by Crippen LogP contribution is -2.15. The van der Waals surface area contributed by atoms with Crippen LogP contribution in [-0.2, 0) is 16.0 Å². The number of nitrogens with two attached hydrogens (primary N) is 1.